The molecule has 1 aliphatic heterocycles. The number of halogens is 1. The number of amides is 4. The molecule has 1 N–H and O–H groups in total. The van der Waals surface area contributed by atoms with E-state index < -0.39 is 28.3 Å². The molecule has 1 saturated heterocycles. The summed E-state index contributed by atoms with van der Waals surface area (Å²) in [6.45, 7) is 3.98. The zero-order chi connectivity index (χ0) is 17.0. The lowest BCUT2D eigenvalue weighted by molar-refractivity contribution is -0.125. The van der Waals surface area contributed by atoms with E-state index in [1.54, 1.807) is 12.1 Å². The summed E-state index contributed by atoms with van der Waals surface area (Å²) in [4.78, 5) is 37.7. The van der Waals surface area contributed by atoms with E-state index in [-0.39, 0.29) is 17.2 Å². The summed E-state index contributed by atoms with van der Waals surface area (Å²) in [5.41, 5.74) is 0.815. The monoisotopic (exact) mass is 338 g/mol. The minimum absolute atomic E-state index is 0.151. The maximum atomic E-state index is 12.9. The number of nitrogens with one attached hydrogen (secondary N) is 1. The molecule has 0 atom stereocenters. The summed E-state index contributed by atoms with van der Waals surface area (Å²) in [6, 6.07) is 5.20. The zero-order valence-corrected chi connectivity index (χ0v) is 13.9. The lowest BCUT2D eigenvalue weighted by Crippen LogP contribution is -2.59. The minimum Gasteiger partial charge on any atom is -0.273 e. The van der Waals surface area contributed by atoms with Crippen molar-refractivity contribution in [1.82, 2.24) is 10.2 Å². The Balaban J connectivity index is 2.18. The van der Waals surface area contributed by atoms with Gasteiger partial charge in [-0.2, -0.15) is 10.5 Å². The average molecular weight is 338 g/mol. The number of imide groups is 2. The van der Waals surface area contributed by atoms with Crippen molar-refractivity contribution in [3.63, 3.8) is 0 Å². The van der Waals surface area contributed by atoms with Crippen molar-refractivity contribution in [2.45, 2.75) is 20.3 Å². The van der Waals surface area contributed by atoms with E-state index in [1.165, 1.54) is 12.1 Å². The number of barbiturate groups is 1. The molecule has 1 aromatic carbocycles. The third-order valence-electron chi connectivity index (χ3n) is 3.63. The Bertz CT molecular complexity index is 664. The standard InChI is InChI=1S/C16H19FN2O3S/c1-3-23(4-2)13-14(20)18-16(22)19(15(13)21)10-9-11-5-7-12(17)8-6-11/h5-8H,3-4,9-10H2,1-2H3,(H,18,20,22). The van der Waals surface area contributed by atoms with Crippen LogP contribution in [0.15, 0.2) is 24.3 Å². The molecule has 0 spiro atoms. The molecule has 5 nitrogen and oxygen atoms in total. The fraction of sp³-hybridized carbons (Fsp3) is 0.375. The number of rotatable bonds is 5. The average Bonchev–Trinajstić information content (AvgIpc) is 2.52. The maximum Gasteiger partial charge on any atom is 0.331 e. The van der Waals surface area contributed by atoms with Gasteiger partial charge in [-0.3, -0.25) is 19.8 Å². The predicted molar refractivity (Wildman–Crippen MR) is 89.0 cm³/mol. The first kappa shape index (κ1) is 17.3. The number of hydrogen-bond acceptors (Lipinski definition) is 3. The normalized spacial score (nSPS) is 15.4. The molecule has 1 aromatic rings. The molecule has 0 bridgehead atoms. The molecule has 1 fully saturated rings. The predicted octanol–water partition coefficient (Wildman–Crippen LogP) is 1.93. The highest BCUT2D eigenvalue weighted by Gasteiger charge is 2.36. The fourth-order valence-corrected chi connectivity index (χ4v) is 4.03. The van der Waals surface area contributed by atoms with Gasteiger partial charge in [0, 0.05) is 6.54 Å². The molecule has 1 aliphatic rings. The molecule has 0 unspecified atom stereocenters. The summed E-state index contributed by atoms with van der Waals surface area (Å²) >= 11 is 0. The van der Waals surface area contributed by atoms with Crippen LogP contribution >= 0.6 is 10.5 Å². The highest BCUT2D eigenvalue weighted by Crippen LogP contribution is 2.18. The van der Waals surface area contributed by atoms with Gasteiger partial charge < -0.3 is 0 Å². The molecule has 124 valence electrons. The van der Waals surface area contributed by atoms with Gasteiger partial charge >= 0.3 is 6.03 Å². The van der Waals surface area contributed by atoms with Gasteiger partial charge in [-0.25, -0.2) is 9.18 Å². The van der Waals surface area contributed by atoms with Crippen LogP contribution in [0.25, 0.3) is 0 Å². The van der Waals surface area contributed by atoms with E-state index in [0.29, 0.717) is 17.9 Å². The van der Waals surface area contributed by atoms with E-state index in [1.807, 2.05) is 13.8 Å². The molecule has 0 saturated carbocycles. The number of carbonyl (C=O) groups is 3. The van der Waals surface area contributed by atoms with E-state index in [2.05, 4.69) is 5.32 Å². The lowest BCUT2D eigenvalue weighted by atomic mass is 10.1. The summed E-state index contributed by atoms with van der Waals surface area (Å²) in [5, 5.41) is 2.24. The van der Waals surface area contributed by atoms with Crippen LogP contribution in [-0.4, -0.2) is 45.7 Å². The van der Waals surface area contributed by atoms with E-state index in [0.717, 1.165) is 10.5 Å². The van der Waals surface area contributed by atoms with Gasteiger partial charge in [0.1, 0.15) is 10.7 Å². The van der Waals surface area contributed by atoms with Crippen LogP contribution in [0.4, 0.5) is 9.18 Å². The zero-order valence-electron chi connectivity index (χ0n) is 13.1. The maximum absolute atomic E-state index is 12.9. The second-order valence-corrected chi connectivity index (χ2v) is 7.54. The molecular formula is C16H19FN2O3S. The van der Waals surface area contributed by atoms with Crippen molar-refractivity contribution < 1.29 is 18.8 Å². The Morgan fingerprint density at radius 2 is 1.70 bits per heavy atom. The third-order valence-corrected chi connectivity index (χ3v) is 5.97. The Hall–Kier alpha value is -2.02. The van der Waals surface area contributed by atoms with Crippen molar-refractivity contribution in [1.29, 1.82) is 0 Å². The van der Waals surface area contributed by atoms with Crippen LogP contribution in [-0.2, 0) is 16.0 Å². The van der Waals surface area contributed by atoms with Crippen molar-refractivity contribution in [3.8, 4) is 0 Å². The Kier molecular flexibility index (Phi) is 5.65. The van der Waals surface area contributed by atoms with E-state index in [4.69, 9.17) is 0 Å². The van der Waals surface area contributed by atoms with Crippen LogP contribution < -0.4 is 5.32 Å². The summed E-state index contributed by atoms with van der Waals surface area (Å²) in [6.07, 6.45) is 0.410. The van der Waals surface area contributed by atoms with Crippen LogP contribution in [0.5, 0.6) is 0 Å². The van der Waals surface area contributed by atoms with Crippen molar-refractivity contribution in [3.05, 3.63) is 35.6 Å². The van der Waals surface area contributed by atoms with Gasteiger partial charge in [0.15, 0.2) is 0 Å². The highest BCUT2D eigenvalue weighted by atomic mass is 32.2. The molecule has 0 aliphatic carbocycles. The van der Waals surface area contributed by atoms with Crippen molar-refractivity contribution in [2.75, 3.05) is 18.1 Å². The first-order valence-electron chi connectivity index (χ1n) is 7.44. The second kappa shape index (κ2) is 7.50. The molecular weight excluding hydrogens is 319 g/mol. The third kappa shape index (κ3) is 3.85. The SMILES string of the molecule is CCS(CC)=C1C(=O)NC(=O)N(CCc2ccc(F)cc2)C1=O. The van der Waals surface area contributed by atoms with Gasteiger partial charge in [-0.1, -0.05) is 26.0 Å². The molecule has 0 radical (unpaired) electrons. The first-order valence-corrected chi connectivity index (χ1v) is 9.00. The largest absolute Gasteiger partial charge is 0.331 e. The number of hydrogen-bond donors (Lipinski definition) is 1. The number of carbonyl (C=O) groups excluding carboxylic acids is 3. The van der Waals surface area contributed by atoms with E-state index >= 15 is 0 Å². The molecule has 7 heteroatoms. The molecule has 2 rings (SSSR count). The van der Waals surface area contributed by atoms with Gasteiger partial charge in [0.05, 0.1) is 0 Å². The summed E-state index contributed by atoms with van der Waals surface area (Å²) < 4.78 is 12.9. The van der Waals surface area contributed by atoms with Crippen LogP contribution in [0.2, 0.25) is 0 Å². The summed E-state index contributed by atoms with van der Waals surface area (Å²) in [7, 11) is -0.460. The van der Waals surface area contributed by atoms with Gasteiger partial charge in [-0.15, -0.1) is 0 Å². The van der Waals surface area contributed by atoms with Gasteiger partial charge in [0.25, 0.3) is 11.8 Å². The second-order valence-electron chi connectivity index (χ2n) is 4.99. The summed E-state index contributed by atoms with van der Waals surface area (Å²) in [5.74, 6) is -0.0506. The lowest BCUT2D eigenvalue weighted by Gasteiger charge is -2.27. The van der Waals surface area contributed by atoms with Gasteiger partial charge in [0.2, 0.25) is 0 Å². The van der Waals surface area contributed by atoms with Gasteiger partial charge in [-0.05, 0) is 35.6 Å². The number of benzene rings is 1. The van der Waals surface area contributed by atoms with E-state index in [9.17, 15) is 18.8 Å². The molecule has 4 amide bonds. The quantitative estimate of drug-likeness (QED) is 0.834. The van der Waals surface area contributed by atoms with Crippen LogP contribution in [0, 0.1) is 5.82 Å². The smallest absolute Gasteiger partial charge is 0.273 e. The molecule has 23 heavy (non-hydrogen) atoms. The van der Waals surface area contributed by atoms with Crippen LogP contribution in [0.3, 0.4) is 0 Å². The van der Waals surface area contributed by atoms with Crippen LogP contribution in [0.1, 0.15) is 19.4 Å². The first-order chi connectivity index (χ1) is 11.0. The number of urea groups is 1. The molecule has 0 aromatic heterocycles. The topological polar surface area (TPSA) is 66.5 Å². The Morgan fingerprint density at radius 1 is 1.09 bits per heavy atom. The van der Waals surface area contributed by atoms with Crippen molar-refractivity contribution >= 4 is 33.2 Å². The Labute approximate surface area is 136 Å². The number of nitrogens with zero attached hydrogens (tertiary/aromatic N) is 1. The molecule has 1 heterocycles. The van der Waals surface area contributed by atoms with Crippen molar-refractivity contribution in [2.24, 2.45) is 0 Å². The fourth-order valence-electron chi connectivity index (χ4n) is 2.38. The minimum atomic E-state index is -0.693. The Morgan fingerprint density at radius 3 is 2.26 bits per heavy atom. The highest BCUT2D eigenvalue weighted by molar-refractivity contribution is 8.17.